The molecule has 1 amide bonds. The monoisotopic (exact) mass is 577 g/mol. The molecule has 9 nitrogen and oxygen atoms in total. The number of amides is 1. The quantitative estimate of drug-likeness (QED) is 0.454. The molecule has 0 saturated carbocycles. The molecule has 0 aliphatic carbocycles. The standard InChI is InChI=1S/C29H42FN5O4S.H2/c1-19(2)18-39-24-13-21(12-22(30)14-24)26-10-9-25(27(32-26)35-16-20(3)15-29(35,4)5)28(36)33-40(37,38)34-11-7-8-23(17-34)31-6;/h9-10,12-14,19-20,23,31H,7-8,11,15-18H2,1-6H3,(H,33,36);1H. The number of nitrogens with one attached hydrogen (secondary N) is 2. The van der Waals surface area contributed by atoms with Gasteiger partial charge in [0.15, 0.2) is 0 Å². The predicted molar refractivity (Wildman–Crippen MR) is 157 cm³/mol. The minimum Gasteiger partial charge on any atom is -0.493 e. The van der Waals surface area contributed by atoms with Crippen LogP contribution < -0.4 is 19.7 Å². The zero-order valence-electron chi connectivity index (χ0n) is 24.3. The zero-order chi connectivity index (χ0) is 29.2. The van der Waals surface area contributed by atoms with Crippen LogP contribution in [0.15, 0.2) is 30.3 Å². The number of nitrogens with zero attached hydrogens (tertiary/aromatic N) is 3. The van der Waals surface area contributed by atoms with Gasteiger partial charge in [-0.3, -0.25) is 4.79 Å². The molecule has 2 aromatic rings. The summed E-state index contributed by atoms with van der Waals surface area (Å²) in [5.41, 5.74) is 0.811. The summed E-state index contributed by atoms with van der Waals surface area (Å²) in [6.45, 7) is 12.1. The highest BCUT2D eigenvalue weighted by atomic mass is 32.2. The van der Waals surface area contributed by atoms with Crippen LogP contribution in [0.3, 0.4) is 0 Å². The van der Waals surface area contributed by atoms with Crippen LogP contribution in [0.5, 0.6) is 5.75 Å². The van der Waals surface area contributed by atoms with Crippen LogP contribution in [0.4, 0.5) is 10.2 Å². The first kappa shape index (κ1) is 30.2. The molecule has 0 spiro atoms. The lowest BCUT2D eigenvalue weighted by molar-refractivity contribution is 0.0978. The van der Waals surface area contributed by atoms with E-state index >= 15 is 0 Å². The Balaban J connectivity index is 0.00000462. The third-order valence-electron chi connectivity index (χ3n) is 7.55. The van der Waals surface area contributed by atoms with E-state index in [2.05, 4.69) is 35.7 Å². The van der Waals surface area contributed by atoms with E-state index in [1.165, 1.54) is 16.4 Å². The largest absolute Gasteiger partial charge is 0.493 e. The number of pyridine rings is 1. The van der Waals surface area contributed by atoms with Crippen LogP contribution in [-0.2, 0) is 10.2 Å². The van der Waals surface area contributed by atoms with Gasteiger partial charge < -0.3 is 15.0 Å². The molecule has 2 unspecified atom stereocenters. The SMILES string of the molecule is CNC1CCCN(S(=O)(=O)NC(=O)c2ccc(-c3cc(F)cc(OCC(C)C)c3)nc2N2CC(C)CC2(C)C)C1.[HH]. The first-order valence-electron chi connectivity index (χ1n) is 14.0. The molecule has 2 saturated heterocycles. The second-order valence-corrected chi connectivity index (χ2v) is 13.8. The number of rotatable bonds is 9. The van der Waals surface area contributed by atoms with Gasteiger partial charge in [-0.15, -0.1) is 0 Å². The highest BCUT2D eigenvalue weighted by Gasteiger charge is 2.39. The number of hydrogen-bond donors (Lipinski definition) is 2. The Morgan fingerprint density at radius 3 is 2.65 bits per heavy atom. The van der Waals surface area contributed by atoms with Gasteiger partial charge in [-0.05, 0) is 76.3 Å². The molecule has 222 valence electrons. The van der Waals surface area contributed by atoms with Crippen molar-refractivity contribution >= 4 is 21.9 Å². The molecular weight excluding hydrogens is 533 g/mol. The molecule has 40 heavy (non-hydrogen) atoms. The molecule has 3 heterocycles. The number of piperidine rings is 1. The van der Waals surface area contributed by atoms with E-state index in [1.54, 1.807) is 25.2 Å². The molecule has 2 aliphatic heterocycles. The van der Waals surface area contributed by atoms with Crippen LogP contribution in [0.2, 0.25) is 0 Å². The second kappa shape index (κ2) is 12.0. The average molecular weight is 578 g/mol. The summed E-state index contributed by atoms with van der Waals surface area (Å²) >= 11 is 0. The Bertz CT molecular complexity index is 1340. The van der Waals surface area contributed by atoms with Gasteiger partial charge in [0.1, 0.15) is 17.4 Å². The summed E-state index contributed by atoms with van der Waals surface area (Å²) in [4.78, 5) is 20.4. The van der Waals surface area contributed by atoms with Crippen molar-refractivity contribution in [2.75, 3.05) is 38.2 Å². The number of benzene rings is 1. The van der Waals surface area contributed by atoms with Crippen molar-refractivity contribution in [2.45, 2.75) is 65.5 Å². The van der Waals surface area contributed by atoms with E-state index in [-0.39, 0.29) is 24.5 Å². The van der Waals surface area contributed by atoms with E-state index in [9.17, 15) is 17.6 Å². The Hall–Kier alpha value is -2.76. The van der Waals surface area contributed by atoms with Crippen LogP contribution in [0, 0.1) is 17.7 Å². The summed E-state index contributed by atoms with van der Waals surface area (Å²) in [5, 5.41) is 3.12. The minimum atomic E-state index is -4.06. The second-order valence-electron chi connectivity index (χ2n) is 12.1. The summed E-state index contributed by atoms with van der Waals surface area (Å²) in [7, 11) is -2.26. The summed E-state index contributed by atoms with van der Waals surface area (Å²) in [6, 6.07) is 7.68. The Morgan fingerprint density at radius 1 is 1.25 bits per heavy atom. The highest BCUT2D eigenvalue weighted by Crippen LogP contribution is 2.38. The van der Waals surface area contributed by atoms with E-state index in [1.807, 2.05) is 13.8 Å². The molecular formula is C29H44FN5O4S. The topological polar surface area (TPSA) is 104 Å². The predicted octanol–water partition coefficient (Wildman–Crippen LogP) is 4.45. The van der Waals surface area contributed by atoms with Crippen LogP contribution in [0.1, 0.15) is 65.7 Å². The summed E-state index contributed by atoms with van der Waals surface area (Å²) in [6.07, 6.45) is 2.46. The van der Waals surface area contributed by atoms with Crippen LogP contribution in [-0.4, -0.2) is 68.5 Å². The smallest absolute Gasteiger partial charge is 0.304 e. The molecule has 2 N–H and O–H groups in total. The van der Waals surface area contributed by atoms with Gasteiger partial charge in [0.05, 0.1) is 17.9 Å². The van der Waals surface area contributed by atoms with Crippen LogP contribution in [0.25, 0.3) is 11.3 Å². The fraction of sp³-hybridized carbons (Fsp3) is 0.586. The van der Waals surface area contributed by atoms with Gasteiger partial charge in [-0.1, -0.05) is 20.8 Å². The summed E-state index contributed by atoms with van der Waals surface area (Å²) < 4.78 is 50.3. The van der Waals surface area contributed by atoms with Gasteiger partial charge in [-0.2, -0.15) is 12.7 Å². The molecule has 1 aromatic heterocycles. The van der Waals surface area contributed by atoms with Crippen molar-refractivity contribution in [2.24, 2.45) is 11.8 Å². The third kappa shape index (κ3) is 6.92. The molecule has 11 heteroatoms. The molecule has 2 aliphatic rings. The third-order valence-corrected chi connectivity index (χ3v) is 9.01. The molecule has 2 atom stereocenters. The molecule has 2 fully saturated rings. The maximum Gasteiger partial charge on any atom is 0.304 e. The number of carbonyl (C=O) groups is 1. The van der Waals surface area contributed by atoms with Gasteiger partial charge in [0, 0.05) is 44.3 Å². The first-order valence-corrected chi connectivity index (χ1v) is 15.4. The van der Waals surface area contributed by atoms with Crippen molar-refractivity contribution in [3.05, 3.63) is 41.7 Å². The molecule has 0 radical (unpaired) electrons. The minimum absolute atomic E-state index is 0. The number of halogens is 1. The van der Waals surface area contributed by atoms with Crippen molar-refractivity contribution < 1.29 is 23.8 Å². The Kier molecular flexibility index (Phi) is 9.06. The van der Waals surface area contributed by atoms with E-state index in [4.69, 9.17) is 9.72 Å². The maximum absolute atomic E-state index is 14.6. The number of anilines is 1. The van der Waals surface area contributed by atoms with E-state index < -0.39 is 21.9 Å². The fourth-order valence-corrected chi connectivity index (χ4v) is 6.86. The number of ether oxygens (including phenoxy) is 1. The average Bonchev–Trinajstić information content (AvgIpc) is 3.17. The number of hydrogen-bond acceptors (Lipinski definition) is 7. The molecule has 1 aromatic carbocycles. The lowest BCUT2D eigenvalue weighted by atomic mass is 9.97. The van der Waals surface area contributed by atoms with E-state index in [0.29, 0.717) is 61.4 Å². The first-order chi connectivity index (χ1) is 18.8. The van der Waals surface area contributed by atoms with E-state index in [0.717, 1.165) is 12.8 Å². The number of carbonyl (C=O) groups excluding carboxylic acids is 1. The van der Waals surface area contributed by atoms with Gasteiger partial charge >= 0.3 is 10.2 Å². The maximum atomic E-state index is 14.6. The zero-order valence-corrected chi connectivity index (χ0v) is 25.1. The number of aromatic nitrogens is 1. The number of likely N-dealkylation sites (N-methyl/N-ethyl adjacent to an activating group) is 1. The van der Waals surface area contributed by atoms with Crippen molar-refractivity contribution in [3.63, 3.8) is 0 Å². The van der Waals surface area contributed by atoms with Gasteiger partial charge in [0.25, 0.3) is 5.91 Å². The Labute approximate surface area is 239 Å². The van der Waals surface area contributed by atoms with Crippen LogP contribution >= 0.6 is 0 Å². The van der Waals surface area contributed by atoms with Crippen molar-refractivity contribution in [1.29, 1.82) is 0 Å². The molecule has 0 bridgehead atoms. The summed E-state index contributed by atoms with van der Waals surface area (Å²) in [5.74, 6) is 0.202. The fourth-order valence-electron chi connectivity index (χ4n) is 5.64. The van der Waals surface area contributed by atoms with Gasteiger partial charge in [-0.25, -0.2) is 14.1 Å². The van der Waals surface area contributed by atoms with Crippen molar-refractivity contribution in [1.82, 2.24) is 19.3 Å². The lowest BCUT2D eigenvalue weighted by Gasteiger charge is -2.34. The Morgan fingerprint density at radius 2 is 2.00 bits per heavy atom. The normalized spacial score (nSPS) is 21.6. The highest BCUT2D eigenvalue weighted by molar-refractivity contribution is 7.87. The molecule has 4 rings (SSSR count). The van der Waals surface area contributed by atoms with Crippen molar-refractivity contribution in [3.8, 4) is 17.0 Å². The lowest BCUT2D eigenvalue weighted by Crippen LogP contribution is -2.52. The van der Waals surface area contributed by atoms with Gasteiger partial charge in [0.2, 0.25) is 0 Å².